The zero-order chi connectivity index (χ0) is 23.8. The summed E-state index contributed by atoms with van der Waals surface area (Å²) in [5.74, 6) is 0. The normalized spacial score (nSPS) is 13.3. The first-order valence-electron chi connectivity index (χ1n) is 13.2. The summed E-state index contributed by atoms with van der Waals surface area (Å²) in [4.78, 5) is 0. The minimum atomic E-state index is -2.54. The molecule has 0 amide bonds. The average molecular weight is 557 g/mol. The SMILES string of the molecule is CCC[CH2][Sn](/[CH]=C(/CCOCc1ccccc1)C(O)c1ccccc1)([CH2]CCC)[CH2]CCC. The molecule has 2 rings (SSSR count). The Kier molecular flexibility index (Phi) is 14.1. The topological polar surface area (TPSA) is 29.5 Å². The van der Waals surface area contributed by atoms with Gasteiger partial charge in [-0.25, -0.2) is 0 Å². The van der Waals surface area contributed by atoms with Crippen molar-refractivity contribution in [2.45, 2.75) is 91.7 Å². The molecule has 182 valence electrons. The van der Waals surface area contributed by atoms with Crippen LogP contribution in [-0.2, 0) is 11.3 Å². The molecule has 0 aromatic heterocycles. The molecule has 0 spiro atoms. The van der Waals surface area contributed by atoms with Crippen LogP contribution in [0, 0.1) is 0 Å². The first kappa shape index (κ1) is 28.1. The fourth-order valence-electron chi connectivity index (χ4n) is 4.66. The fourth-order valence-corrected chi connectivity index (χ4v) is 20.2. The summed E-state index contributed by atoms with van der Waals surface area (Å²) < 4.78 is 13.0. The average Bonchev–Trinajstić information content (AvgIpc) is 2.87. The molecule has 0 saturated heterocycles. The first-order chi connectivity index (χ1) is 16.1. The van der Waals surface area contributed by atoms with Crippen LogP contribution in [0.1, 0.15) is 82.9 Å². The molecule has 3 heteroatoms. The number of benzene rings is 2. The van der Waals surface area contributed by atoms with E-state index >= 15 is 0 Å². The summed E-state index contributed by atoms with van der Waals surface area (Å²) in [5.41, 5.74) is 3.43. The van der Waals surface area contributed by atoms with E-state index in [1.807, 2.05) is 24.3 Å². The van der Waals surface area contributed by atoms with Crippen molar-refractivity contribution in [2.75, 3.05) is 6.61 Å². The fraction of sp³-hybridized carbons (Fsp3) is 0.533. The molecule has 0 bridgehead atoms. The molecule has 1 unspecified atom stereocenters. The predicted molar refractivity (Wildman–Crippen MR) is 145 cm³/mol. The third-order valence-electron chi connectivity index (χ3n) is 6.69. The summed E-state index contributed by atoms with van der Waals surface area (Å²) >= 11 is -2.54. The van der Waals surface area contributed by atoms with Crippen LogP contribution in [-0.4, -0.2) is 30.1 Å². The Labute approximate surface area is 207 Å². The van der Waals surface area contributed by atoms with Gasteiger partial charge >= 0.3 is 208 Å². The van der Waals surface area contributed by atoms with Crippen LogP contribution in [0.2, 0.25) is 13.3 Å². The Morgan fingerprint density at radius 2 is 1.33 bits per heavy atom. The zero-order valence-electron chi connectivity index (χ0n) is 21.3. The van der Waals surface area contributed by atoms with Gasteiger partial charge in [0.2, 0.25) is 0 Å². The Hall–Kier alpha value is -1.10. The number of ether oxygens (including phenoxy) is 1. The van der Waals surface area contributed by atoms with Gasteiger partial charge in [0.1, 0.15) is 0 Å². The van der Waals surface area contributed by atoms with E-state index in [-0.39, 0.29) is 0 Å². The van der Waals surface area contributed by atoms with E-state index < -0.39 is 24.5 Å². The number of hydrogen-bond donors (Lipinski definition) is 1. The van der Waals surface area contributed by atoms with Gasteiger partial charge in [0.05, 0.1) is 0 Å². The van der Waals surface area contributed by atoms with Crippen molar-refractivity contribution in [2.24, 2.45) is 0 Å². The van der Waals surface area contributed by atoms with Crippen molar-refractivity contribution in [3.63, 3.8) is 0 Å². The second-order valence-corrected chi connectivity index (χ2v) is 22.4. The van der Waals surface area contributed by atoms with E-state index in [1.54, 1.807) is 0 Å². The summed E-state index contributed by atoms with van der Waals surface area (Å²) in [6.07, 6.45) is 8.08. The first-order valence-corrected chi connectivity index (χ1v) is 20.9. The molecule has 33 heavy (non-hydrogen) atoms. The molecule has 0 aliphatic carbocycles. The Morgan fingerprint density at radius 1 is 0.818 bits per heavy atom. The standard InChI is InChI=1S/C18H19O2.3C4H9.Sn/c1-15(18(19)17-10-6-3-7-11-17)12-13-20-14-16-8-4-2-5-9-16;3*1-3-4-2;/h1-11,18-19H,12-14H2;3*1,3-4H2,2H3;. The molecule has 0 heterocycles. The summed E-state index contributed by atoms with van der Waals surface area (Å²) in [7, 11) is 0. The molecule has 0 aliphatic rings. The number of unbranched alkanes of at least 4 members (excludes halogenated alkanes) is 3. The van der Waals surface area contributed by atoms with E-state index in [4.69, 9.17) is 4.74 Å². The Morgan fingerprint density at radius 3 is 1.85 bits per heavy atom. The van der Waals surface area contributed by atoms with E-state index in [1.165, 1.54) is 63.0 Å². The summed E-state index contributed by atoms with van der Waals surface area (Å²) in [6.45, 7) is 8.23. The quantitative estimate of drug-likeness (QED) is 0.156. The Balaban J connectivity index is 2.26. The van der Waals surface area contributed by atoms with Crippen molar-refractivity contribution in [1.29, 1.82) is 0 Å². The number of rotatable bonds is 17. The van der Waals surface area contributed by atoms with Gasteiger partial charge in [0.25, 0.3) is 0 Å². The van der Waals surface area contributed by atoms with Gasteiger partial charge in [-0.05, 0) is 0 Å². The van der Waals surface area contributed by atoms with Gasteiger partial charge < -0.3 is 0 Å². The molecule has 0 fully saturated rings. The second kappa shape index (κ2) is 16.5. The van der Waals surface area contributed by atoms with Crippen molar-refractivity contribution in [1.82, 2.24) is 0 Å². The molecule has 0 aliphatic heterocycles. The number of hydrogen-bond acceptors (Lipinski definition) is 2. The van der Waals surface area contributed by atoms with Crippen LogP contribution >= 0.6 is 0 Å². The van der Waals surface area contributed by atoms with Crippen molar-refractivity contribution >= 4 is 18.4 Å². The molecular weight excluding hydrogens is 511 g/mol. The molecule has 2 nitrogen and oxygen atoms in total. The molecule has 0 radical (unpaired) electrons. The van der Waals surface area contributed by atoms with E-state index in [2.05, 4.69) is 61.3 Å². The zero-order valence-corrected chi connectivity index (χ0v) is 24.1. The maximum absolute atomic E-state index is 11.4. The van der Waals surface area contributed by atoms with E-state index in [0.29, 0.717) is 13.2 Å². The van der Waals surface area contributed by atoms with Crippen LogP contribution in [0.5, 0.6) is 0 Å². The van der Waals surface area contributed by atoms with Crippen molar-refractivity contribution in [3.05, 3.63) is 81.5 Å². The van der Waals surface area contributed by atoms with Crippen LogP contribution in [0.15, 0.2) is 70.3 Å². The summed E-state index contributed by atoms with van der Waals surface area (Å²) in [6, 6.07) is 20.6. The number of aliphatic hydroxyl groups is 1. The maximum atomic E-state index is 11.4. The predicted octanol–water partition coefficient (Wildman–Crippen LogP) is 8.64. The molecule has 2 aromatic rings. The monoisotopic (exact) mass is 558 g/mol. The van der Waals surface area contributed by atoms with E-state index in [0.717, 1.165) is 12.0 Å². The van der Waals surface area contributed by atoms with E-state index in [9.17, 15) is 5.11 Å². The molecule has 0 saturated carbocycles. The van der Waals surface area contributed by atoms with Crippen LogP contribution in [0.25, 0.3) is 0 Å². The Bertz CT molecular complexity index is 751. The van der Waals surface area contributed by atoms with Crippen LogP contribution < -0.4 is 0 Å². The van der Waals surface area contributed by atoms with Gasteiger partial charge in [0.15, 0.2) is 0 Å². The third-order valence-corrected chi connectivity index (χ3v) is 21.0. The summed E-state index contributed by atoms with van der Waals surface area (Å²) in [5, 5.41) is 11.4. The molecule has 1 atom stereocenters. The third kappa shape index (κ3) is 10.4. The van der Waals surface area contributed by atoms with Crippen LogP contribution in [0.4, 0.5) is 0 Å². The minimum absolute atomic E-state index is 0.521. The van der Waals surface area contributed by atoms with Crippen molar-refractivity contribution in [3.8, 4) is 0 Å². The van der Waals surface area contributed by atoms with Gasteiger partial charge in [-0.3, -0.25) is 0 Å². The molecular formula is C30H46O2Sn. The van der Waals surface area contributed by atoms with Gasteiger partial charge in [-0.2, -0.15) is 0 Å². The van der Waals surface area contributed by atoms with Gasteiger partial charge in [-0.15, -0.1) is 0 Å². The van der Waals surface area contributed by atoms with Crippen LogP contribution in [0.3, 0.4) is 0 Å². The molecule has 2 aromatic carbocycles. The van der Waals surface area contributed by atoms with Gasteiger partial charge in [-0.1, -0.05) is 0 Å². The molecule has 1 N–H and O–H groups in total. The second-order valence-electron chi connectivity index (χ2n) is 9.49. The number of aliphatic hydroxyl groups excluding tert-OH is 1. The van der Waals surface area contributed by atoms with Crippen molar-refractivity contribution < 1.29 is 9.84 Å². The van der Waals surface area contributed by atoms with Gasteiger partial charge in [0, 0.05) is 0 Å².